The summed E-state index contributed by atoms with van der Waals surface area (Å²) in [7, 11) is -3.92. The molecule has 0 amide bonds. The molecule has 0 heterocycles. The summed E-state index contributed by atoms with van der Waals surface area (Å²) < 4.78 is 116. The van der Waals surface area contributed by atoms with Crippen LogP contribution in [-0.2, 0) is 14.9 Å². The molecule has 0 saturated carbocycles. The van der Waals surface area contributed by atoms with Gasteiger partial charge in [-0.25, -0.2) is 17.2 Å². The van der Waals surface area contributed by atoms with E-state index in [0.29, 0.717) is 6.92 Å². The molecule has 162 valence electrons. The molecule has 0 aliphatic carbocycles. The van der Waals surface area contributed by atoms with Gasteiger partial charge in [0.1, 0.15) is 10.1 Å². The van der Waals surface area contributed by atoms with Crippen LogP contribution in [0.4, 0.5) is 30.7 Å². The van der Waals surface area contributed by atoms with Gasteiger partial charge in [-0.15, -0.1) is 0 Å². The first-order chi connectivity index (χ1) is 9.79. The van der Waals surface area contributed by atoms with E-state index in [1.807, 2.05) is 0 Å². The van der Waals surface area contributed by atoms with E-state index in [2.05, 4.69) is 11.0 Å². The Morgan fingerprint density at radius 3 is 1.60 bits per heavy atom. The molecule has 0 aliphatic rings. The maximum atomic E-state index is 12.9. The average Bonchev–Trinajstić information content (AvgIpc) is 2.21. The van der Waals surface area contributed by atoms with Gasteiger partial charge in [0.15, 0.2) is 0 Å². The van der Waals surface area contributed by atoms with Crippen LogP contribution in [0.3, 0.4) is 0 Å². The van der Waals surface area contributed by atoms with E-state index >= 15 is 0 Å². The zero-order valence-corrected chi connectivity index (χ0v) is 18.7. The molecule has 0 bridgehead atoms. The fourth-order valence-corrected chi connectivity index (χ4v) is 1.15. The van der Waals surface area contributed by atoms with Gasteiger partial charge in [0.05, 0.1) is 6.10 Å². The van der Waals surface area contributed by atoms with E-state index in [1.165, 1.54) is 6.92 Å². The molecule has 25 heavy (non-hydrogen) atoms. The van der Waals surface area contributed by atoms with Crippen molar-refractivity contribution < 1.29 is 53.5 Å². The van der Waals surface area contributed by atoms with Crippen LogP contribution in [-0.4, -0.2) is 48.5 Å². The Balaban J connectivity index is -0.000000276. The van der Waals surface area contributed by atoms with Gasteiger partial charge in [0.2, 0.25) is 12.0 Å². The number of alkyl halides is 7. The summed E-state index contributed by atoms with van der Waals surface area (Å²) in [5.74, 6) is -3.36. The van der Waals surface area contributed by atoms with Gasteiger partial charge >= 0.3 is 12.3 Å². The molecule has 2 atom stereocenters. The molecule has 0 aromatic heterocycles. The molecule has 0 fully saturated rings. The molecular weight excluding hydrogens is 867 g/mol. The van der Waals surface area contributed by atoms with E-state index in [0.717, 1.165) is 0 Å². The van der Waals surface area contributed by atoms with Crippen LogP contribution in [0.1, 0.15) is 26.7 Å². The van der Waals surface area contributed by atoms with Crippen LogP contribution in [0.25, 0.3) is 0 Å². The molecule has 0 rings (SSSR count). The van der Waals surface area contributed by atoms with Crippen molar-refractivity contribution in [2.45, 2.75) is 57.1 Å². The van der Waals surface area contributed by atoms with Gasteiger partial charge in [0.25, 0.3) is 0 Å². The van der Waals surface area contributed by atoms with E-state index in [1.54, 1.807) is 0 Å². The monoisotopic (exact) mass is 879 g/mol. The third-order valence-electron chi connectivity index (χ3n) is 1.99. The second-order valence-electron chi connectivity index (χ2n) is 4.51. The van der Waals surface area contributed by atoms with E-state index < -0.39 is 47.0 Å². The second kappa shape index (κ2) is 9.59. The summed E-state index contributed by atoms with van der Waals surface area (Å²) in [5, 5.41) is 8.37. The van der Waals surface area contributed by atoms with Crippen LogP contribution < -0.4 is 0 Å². The number of aliphatic hydroxyl groups is 1. The second-order valence-corrected chi connectivity index (χ2v) is 5.67. The van der Waals surface area contributed by atoms with Crippen LogP contribution in [0.2, 0.25) is 0 Å². The first-order valence-corrected chi connectivity index (χ1v) is 7.39. The zero-order chi connectivity index (χ0) is 19.3. The SMILES string of the molecule is CCC(CC(C)(F)F)OC(F)(F)C(O)C(F)(F)F.[CH2-]S(=O)(=O)O.[Cf].[Cf]. The van der Waals surface area contributed by atoms with Gasteiger partial charge in [-0.3, -0.25) is 0 Å². The van der Waals surface area contributed by atoms with E-state index in [9.17, 15) is 30.7 Å². The smallest absolute Gasteiger partial charge is 0.377 e. The minimum Gasteiger partial charge on any atom is -0.377 e. The molecule has 0 radical (unpaired) electrons. The van der Waals surface area contributed by atoms with Crippen LogP contribution in [0.15, 0.2) is 0 Å². The Morgan fingerprint density at radius 1 is 1.08 bits per heavy atom. The van der Waals surface area contributed by atoms with Crippen LogP contribution in [0.5, 0.6) is 0 Å². The van der Waals surface area contributed by atoms with Gasteiger partial charge in [-0.1, -0.05) is 6.92 Å². The Hall–Kier alpha value is -2.66. The number of rotatable bonds is 6. The predicted octanol–water partition coefficient (Wildman–Crippen LogP) is 3.01. The Morgan fingerprint density at radius 2 is 1.40 bits per heavy atom. The number of hydrogen-bond acceptors (Lipinski definition) is 4. The topological polar surface area (TPSA) is 83.8 Å². The molecule has 0 aromatic carbocycles. The summed E-state index contributed by atoms with van der Waals surface area (Å²) in [6.45, 7) is 1.63. The Kier molecular flexibility index (Phi) is 11.6. The normalized spacial score (nSPS) is 15.0. The van der Waals surface area contributed by atoms with Crippen LogP contribution >= 0.6 is 0 Å². The molecule has 2 unspecified atom stereocenters. The van der Waals surface area contributed by atoms with Crippen molar-refractivity contribution in [2.75, 3.05) is 0 Å². The predicted molar refractivity (Wildman–Crippen MR) is 64.3 cm³/mol. The van der Waals surface area contributed by atoms with Crippen molar-refractivity contribution in [3.8, 4) is 0 Å². The Labute approximate surface area is 128 Å². The minimum atomic E-state index is -5.60. The van der Waals surface area contributed by atoms with Crippen LogP contribution in [0, 0.1) is 6.26 Å². The van der Waals surface area contributed by atoms with Crippen molar-refractivity contribution >= 4 is 10.1 Å². The number of hydrogen-bond donors (Lipinski definition) is 2. The molecule has 2 N–H and O–H groups in total. The third-order valence-corrected chi connectivity index (χ3v) is 1.99. The Bertz CT molecular complexity index is 446. The summed E-state index contributed by atoms with van der Waals surface area (Å²) in [4.78, 5) is 0. The van der Waals surface area contributed by atoms with E-state index in [4.69, 9.17) is 18.1 Å². The van der Waals surface area contributed by atoms with Gasteiger partial charge < -0.3 is 14.4 Å². The molecule has 0 aromatic rings. The quantitative estimate of drug-likeness (QED) is 0.244. The third kappa shape index (κ3) is 17.5. The molecule has 5 nitrogen and oxygen atoms in total. The number of halogens is 7. The molecular formula is C10H16Cf2F7O5S-. The molecule has 0 spiro atoms. The van der Waals surface area contributed by atoms with Crippen molar-refractivity contribution in [1.82, 2.24) is 0 Å². The first kappa shape index (κ1) is 30.2. The fraction of sp³-hybridized carbons (Fsp3) is 0.900. The standard InChI is InChI=1S/C9H13F7O2.CH3O3S.2Cf/c1-3-5(4-7(2,10)11)18-9(15,16)6(17)8(12,13)14;1-5(2,3)4;;/h5-6,17H,3-4H2,1-2H3;1H2,(H,2,3,4);;/q;-1;;. The van der Waals surface area contributed by atoms with Crippen molar-refractivity contribution in [1.29, 1.82) is 0 Å². The minimum absolute atomic E-state index is 0. The average molecular weight is 883 g/mol. The molecule has 15 heteroatoms. The van der Waals surface area contributed by atoms with Crippen molar-refractivity contribution in [3.63, 3.8) is 0 Å². The maximum absolute atomic E-state index is 12.9. The zero-order valence-electron chi connectivity index (χ0n) is 12.6. The van der Waals surface area contributed by atoms with Gasteiger partial charge in [-0.05, 0) is 13.3 Å². The molecule has 0 aliphatic heterocycles. The summed E-state index contributed by atoms with van der Waals surface area (Å²) in [6.07, 6.45) is -15.6. The number of aliphatic hydroxyl groups excluding tert-OH is 1. The van der Waals surface area contributed by atoms with Gasteiger partial charge in [0, 0.05) is 6.42 Å². The molecule has 0 saturated heterocycles. The van der Waals surface area contributed by atoms with Crippen molar-refractivity contribution in [3.05, 3.63) is 6.26 Å². The summed E-state index contributed by atoms with van der Waals surface area (Å²) in [5.41, 5.74) is 0. The van der Waals surface area contributed by atoms with E-state index in [-0.39, 0.29) is 6.42 Å². The maximum Gasteiger partial charge on any atom is 0.423 e. The summed E-state index contributed by atoms with van der Waals surface area (Å²) in [6, 6.07) is 0. The summed E-state index contributed by atoms with van der Waals surface area (Å²) >= 11 is 0. The number of ether oxygens (including phenoxy) is 1. The first-order valence-electron chi connectivity index (χ1n) is 5.78. The van der Waals surface area contributed by atoms with Gasteiger partial charge in [-0.2, -0.15) is 28.2 Å². The largest absolute Gasteiger partial charge is 0.423 e. The fourth-order valence-electron chi connectivity index (χ4n) is 1.15. The van der Waals surface area contributed by atoms with Crippen molar-refractivity contribution in [2.24, 2.45) is 0 Å².